The van der Waals surface area contributed by atoms with E-state index in [9.17, 15) is 33.3 Å². The summed E-state index contributed by atoms with van der Waals surface area (Å²) >= 11 is 6.28. The van der Waals surface area contributed by atoms with Gasteiger partial charge in [0.15, 0.2) is 23.6 Å². The second-order valence-corrected chi connectivity index (χ2v) is 11.2. The number of aromatic nitrogens is 3. The number of anilines is 1. The highest BCUT2D eigenvalue weighted by molar-refractivity contribution is 6.31. The molecule has 2 fully saturated rings. The zero-order valence-electron chi connectivity index (χ0n) is 23.2. The van der Waals surface area contributed by atoms with Crippen molar-refractivity contribution >= 4 is 23.2 Å². The van der Waals surface area contributed by atoms with Crippen LogP contribution in [0.15, 0.2) is 42.6 Å². The second kappa shape index (κ2) is 13.3. The van der Waals surface area contributed by atoms with Crippen LogP contribution < -0.4 is 4.90 Å². The summed E-state index contributed by atoms with van der Waals surface area (Å²) in [7, 11) is 1.31. The van der Waals surface area contributed by atoms with Gasteiger partial charge in [0.05, 0.1) is 24.9 Å². The number of benzene rings is 2. The van der Waals surface area contributed by atoms with Crippen LogP contribution in [0.3, 0.4) is 0 Å². The molecule has 14 heteroatoms. The normalized spacial score (nSPS) is 28.0. The van der Waals surface area contributed by atoms with Gasteiger partial charge in [-0.15, -0.1) is 5.10 Å². The lowest BCUT2D eigenvalue weighted by atomic mass is 9.90. The zero-order valence-corrected chi connectivity index (χ0v) is 23.9. The Morgan fingerprint density at radius 2 is 1.86 bits per heavy atom. The topological polar surface area (TPSA) is 130 Å². The van der Waals surface area contributed by atoms with Crippen LogP contribution in [0, 0.1) is 17.5 Å². The maximum absolute atomic E-state index is 14.5. The quantitative estimate of drug-likeness (QED) is 0.269. The summed E-state index contributed by atoms with van der Waals surface area (Å²) in [4.78, 5) is 15.9. The van der Waals surface area contributed by atoms with Gasteiger partial charge < -0.3 is 29.7 Å². The van der Waals surface area contributed by atoms with E-state index in [1.807, 2.05) is 0 Å². The highest BCUT2D eigenvalue weighted by Crippen LogP contribution is 2.36. The monoisotopic (exact) mass is 624 g/mol. The third-order valence-electron chi connectivity index (χ3n) is 8.08. The summed E-state index contributed by atoms with van der Waals surface area (Å²) in [5, 5.41) is 40.7. The third-order valence-corrected chi connectivity index (χ3v) is 8.31. The fourth-order valence-electron chi connectivity index (χ4n) is 5.93. The van der Waals surface area contributed by atoms with Crippen molar-refractivity contribution in [3.05, 3.63) is 65.1 Å². The van der Waals surface area contributed by atoms with E-state index in [4.69, 9.17) is 21.1 Å². The van der Waals surface area contributed by atoms with Crippen LogP contribution in [0.2, 0.25) is 5.02 Å². The second-order valence-electron chi connectivity index (χ2n) is 10.8. The van der Waals surface area contributed by atoms with Crippen LogP contribution in [0.25, 0.3) is 11.3 Å². The number of amides is 1. The van der Waals surface area contributed by atoms with Gasteiger partial charge in [0.1, 0.15) is 30.0 Å². The van der Waals surface area contributed by atoms with Gasteiger partial charge >= 0.3 is 0 Å². The lowest BCUT2D eigenvalue weighted by Crippen LogP contribution is -2.63. The van der Waals surface area contributed by atoms with E-state index in [2.05, 4.69) is 10.3 Å². The van der Waals surface area contributed by atoms with Crippen molar-refractivity contribution in [2.75, 3.05) is 18.6 Å². The molecule has 1 saturated heterocycles. The Morgan fingerprint density at radius 3 is 2.53 bits per heavy atom. The van der Waals surface area contributed by atoms with Gasteiger partial charge in [-0.2, -0.15) is 0 Å². The molecule has 3 N–H and O–H groups in total. The number of aliphatic hydroxyl groups excluding tert-OH is 3. The number of ether oxygens (including phenoxy) is 2. The number of nitrogens with zero attached hydrogens (tertiary/aromatic N) is 4. The molecule has 2 aromatic carbocycles. The van der Waals surface area contributed by atoms with Crippen LogP contribution in [0.4, 0.5) is 18.9 Å². The molecule has 43 heavy (non-hydrogen) atoms. The highest BCUT2D eigenvalue weighted by atomic mass is 35.5. The van der Waals surface area contributed by atoms with Crippen molar-refractivity contribution in [2.24, 2.45) is 0 Å². The first-order chi connectivity index (χ1) is 20.6. The molecule has 2 aliphatic rings. The maximum atomic E-state index is 14.5. The summed E-state index contributed by atoms with van der Waals surface area (Å²) in [6, 6.07) is 6.35. The molecule has 0 spiro atoms. The maximum Gasteiger partial charge on any atom is 0.259 e. The van der Waals surface area contributed by atoms with Crippen molar-refractivity contribution in [3.63, 3.8) is 0 Å². The van der Waals surface area contributed by atoms with Gasteiger partial charge in [0.2, 0.25) is 0 Å². The molecule has 0 bridgehead atoms. The van der Waals surface area contributed by atoms with E-state index in [-0.39, 0.29) is 11.3 Å². The van der Waals surface area contributed by atoms with Crippen molar-refractivity contribution in [1.82, 2.24) is 15.0 Å². The van der Waals surface area contributed by atoms with Crippen molar-refractivity contribution in [1.29, 1.82) is 0 Å². The first-order valence-electron chi connectivity index (χ1n) is 13.9. The first-order valence-corrected chi connectivity index (χ1v) is 14.3. The minimum absolute atomic E-state index is 0.0445. The fourth-order valence-corrected chi connectivity index (χ4v) is 6.12. The van der Waals surface area contributed by atoms with E-state index in [0.717, 1.165) is 36.1 Å². The molecule has 1 saturated carbocycles. The average Bonchev–Trinajstić information content (AvgIpc) is 3.38. The summed E-state index contributed by atoms with van der Waals surface area (Å²) < 4.78 is 54.2. The molecule has 5 rings (SSSR count). The van der Waals surface area contributed by atoms with Gasteiger partial charge in [0, 0.05) is 23.4 Å². The molecular weight excluding hydrogens is 593 g/mol. The predicted octanol–water partition coefficient (Wildman–Crippen LogP) is 3.42. The van der Waals surface area contributed by atoms with Crippen molar-refractivity contribution < 1.29 is 42.8 Å². The lowest BCUT2D eigenvalue weighted by Gasteiger charge is -2.45. The van der Waals surface area contributed by atoms with E-state index in [0.29, 0.717) is 23.6 Å². The molecule has 232 valence electrons. The molecule has 1 amide bonds. The number of carbonyl (C=O) groups excluding carboxylic acids is 1. The molecule has 7 atom stereocenters. The lowest BCUT2D eigenvalue weighted by molar-refractivity contribution is -0.211. The van der Waals surface area contributed by atoms with Gasteiger partial charge in [-0.25, -0.2) is 17.9 Å². The standard InChI is InChI=1S/C29H32ClF3N4O6/c1-42-27-25(36-13-20(34-35-36)15-10-18(31)24(33)19(32)11-15)26(40)23(14-38)43-28(27)29(41)37(17-7-5-6-16(30)12-17)21-8-3-2-4-9-22(21)39/h5-7,10-13,21-23,25-28,38-40H,2-4,8-9,14H2,1H3/t21-,22-,23+,25-,26-,27+,28+/m0/s1. The summed E-state index contributed by atoms with van der Waals surface area (Å²) in [6.07, 6.45) is -1.44. The average molecular weight is 625 g/mol. The zero-order chi connectivity index (χ0) is 30.8. The molecule has 10 nitrogen and oxygen atoms in total. The van der Waals surface area contributed by atoms with Gasteiger partial charge in [-0.05, 0) is 43.2 Å². The number of rotatable bonds is 7. The van der Waals surface area contributed by atoms with E-state index >= 15 is 0 Å². The van der Waals surface area contributed by atoms with Gasteiger partial charge in [0.25, 0.3) is 5.91 Å². The van der Waals surface area contributed by atoms with Crippen molar-refractivity contribution in [2.45, 2.75) is 74.7 Å². The molecule has 3 aromatic rings. The van der Waals surface area contributed by atoms with Crippen LogP contribution >= 0.6 is 11.6 Å². The number of hydrogen-bond acceptors (Lipinski definition) is 8. The Hall–Kier alpha value is -3.07. The Kier molecular flexibility index (Phi) is 9.69. The molecular formula is C29H32ClF3N4O6. The Labute approximate surface area is 250 Å². The van der Waals surface area contributed by atoms with E-state index in [1.54, 1.807) is 24.3 Å². The predicted molar refractivity (Wildman–Crippen MR) is 149 cm³/mol. The van der Waals surface area contributed by atoms with Crippen LogP contribution in [-0.2, 0) is 14.3 Å². The van der Waals surface area contributed by atoms with Gasteiger partial charge in [-0.1, -0.05) is 42.1 Å². The number of halogens is 4. The molecule has 1 aliphatic heterocycles. The number of hydrogen-bond donors (Lipinski definition) is 3. The summed E-state index contributed by atoms with van der Waals surface area (Å²) in [5.74, 6) is -5.07. The SMILES string of the molecule is CO[C@@H]1[C@@H](n2cc(-c3cc(F)c(F)c(F)c3)nn2)[C@@H](O)[C@@H](CO)O[C@H]1C(=O)N(c1cccc(Cl)c1)[C@H]1CCCCC[C@@H]1O. The molecule has 1 aromatic heterocycles. The van der Waals surface area contributed by atoms with Gasteiger partial charge in [-0.3, -0.25) is 4.79 Å². The highest BCUT2D eigenvalue weighted by Gasteiger charge is 2.52. The van der Waals surface area contributed by atoms with Crippen LogP contribution in [0.1, 0.15) is 38.1 Å². The minimum atomic E-state index is -1.63. The largest absolute Gasteiger partial charge is 0.394 e. The smallest absolute Gasteiger partial charge is 0.259 e. The fraction of sp³-hybridized carbons (Fsp3) is 0.483. The number of aliphatic hydroxyl groups is 3. The first kappa shape index (κ1) is 31.4. The van der Waals surface area contributed by atoms with Crippen LogP contribution in [0.5, 0.6) is 0 Å². The third kappa shape index (κ3) is 6.28. The van der Waals surface area contributed by atoms with Crippen LogP contribution in [-0.4, -0.2) is 86.5 Å². The van der Waals surface area contributed by atoms with Crippen molar-refractivity contribution in [3.8, 4) is 11.3 Å². The number of methoxy groups -OCH3 is 1. The van der Waals surface area contributed by atoms with E-state index < -0.39 is 72.6 Å². The molecule has 1 aliphatic carbocycles. The Bertz CT molecular complexity index is 1420. The van der Waals surface area contributed by atoms with E-state index in [1.165, 1.54) is 18.2 Å². The Balaban J connectivity index is 1.54. The molecule has 0 unspecified atom stereocenters. The number of carbonyl (C=O) groups is 1. The molecule has 2 heterocycles. The summed E-state index contributed by atoms with van der Waals surface area (Å²) in [5.41, 5.74) is 0.268. The molecule has 0 radical (unpaired) electrons. The summed E-state index contributed by atoms with van der Waals surface area (Å²) in [6.45, 7) is -0.670. The minimum Gasteiger partial charge on any atom is -0.394 e. The Morgan fingerprint density at radius 1 is 1.14 bits per heavy atom.